The third-order valence-electron chi connectivity index (χ3n) is 3.42. The highest BCUT2D eigenvalue weighted by atomic mass is 35.5. The van der Waals surface area contributed by atoms with Crippen molar-refractivity contribution in [2.24, 2.45) is 0 Å². The summed E-state index contributed by atoms with van der Waals surface area (Å²) in [6, 6.07) is 13.9. The van der Waals surface area contributed by atoms with E-state index in [2.05, 4.69) is 15.5 Å². The first-order chi connectivity index (χ1) is 12.6. The SMILES string of the molecule is O=C(COc1ccc(Cl)cc1)NCCc1nc(-c2ccc(Cl)cc2)no1. The molecule has 3 rings (SSSR count). The molecule has 0 bridgehead atoms. The molecule has 1 amide bonds. The van der Waals surface area contributed by atoms with Gasteiger partial charge in [-0.3, -0.25) is 4.79 Å². The van der Waals surface area contributed by atoms with Gasteiger partial charge >= 0.3 is 0 Å². The Kier molecular flexibility index (Phi) is 6.09. The van der Waals surface area contributed by atoms with Crippen LogP contribution in [0.4, 0.5) is 0 Å². The number of rotatable bonds is 7. The lowest BCUT2D eigenvalue weighted by Gasteiger charge is -2.06. The Morgan fingerprint density at radius 1 is 1.04 bits per heavy atom. The molecule has 0 radical (unpaired) electrons. The van der Waals surface area contributed by atoms with Crippen LogP contribution < -0.4 is 10.1 Å². The van der Waals surface area contributed by atoms with Crippen LogP contribution >= 0.6 is 23.2 Å². The van der Waals surface area contributed by atoms with Crippen molar-refractivity contribution < 1.29 is 14.1 Å². The van der Waals surface area contributed by atoms with Gasteiger partial charge in [0.15, 0.2) is 6.61 Å². The molecule has 134 valence electrons. The van der Waals surface area contributed by atoms with E-state index in [4.69, 9.17) is 32.5 Å². The smallest absolute Gasteiger partial charge is 0.257 e. The first-order valence-corrected chi connectivity index (χ1v) is 8.59. The molecule has 3 aromatic rings. The van der Waals surface area contributed by atoms with Crippen molar-refractivity contribution in [2.45, 2.75) is 6.42 Å². The maximum atomic E-state index is 11.8. The van der Waals surface area contributed by atoms with Gasteiger partial charge in [0, 0.05) is 28.6 Å². The van der Waals surface area contributed by atoms with Crippen LogP contribution in [-0.4, -0.2) is 29.2 Å². The number of benzene rings is 2. The van der Waals surface area contributed by atoms with Crippen molar-refractivity contribution >= 4 is 29.1 Å². The topological polar surface area (TPSA) is 77.2 Å². The lowest BCUT2D eigenvalue weighted by Crippen LogP contribution is -2.30. The Morgan fingerprint density at radius 2 is 1.69 bits per heavy atom. The molecule has 1 aromatic heterocycles. The Morgan fingerprint density at radius 3 is 2.38 bits per heavy atom. The Hall–Kier alpha value is -2.57. The van der Waals surface area contributed by atoms with E-state index in [0.717, 1.165) is 5.56 Å². The van der Waals surface area contributed by atoms with Crippen molar-refractivity contribution in [2.75, 3.05) is 13.2 Å². The minimum absolute atomic E-state index is 0.0819. The molecule has 1 N–H and O–H groups in total. The number of nitrogens with one attached hydrogen (secondary N) is 1. The van der Waals surface area contributed by atoms with E-state index in [1.54, 1.807) is 36.4 Å². The number of halogens is 2. The average molecular weight is 392 g/mol. The Balaban J connectivity index is 1.42. The van der Waals surface area contributed by atoms with Gasteiger partial charge in [0.25, 0.3) is 5.91 Å². The van der Waals surface area contributed by atoms with Gasteiger partial charge in [0.1, 0.15) is 5.75 Å². The predicted octanol–water partition coefficient (Wildman–Crippen LogP) is 3.78. The molecule has 2 aromatic carbocycles. The predicted molar refractivity (Wildman–Crippen MR) is 98.4 cm³/mol. The summed E-state index contributed by atoms with van der Waals surface area (Å²) in [5.74, 6) is 1.26. The van der Waals surface area contributed by atoms with Gasteiger partial charge in [-0.1, -0.05) is 28.4 Å². The summed E-state index contributed by atoms with van der Waals surface area (Å²) < 4.78 is 10.5. The second-order valence-electron chi connectivity index (χ2n) is 5.36. The first-order valence-electron chi connectivity index (χ1n) is 7.84. The molecule has 0 aliphatic carbocycles. The molecule has 0 aliphatic heterocycles. The van der Waals surface area contributed by atoms with Gasteiger partial charge < -0.3 is 14.6 Å². The quantitative estimate of drug-likeness (QED) is 0.662. The summed E-state index contributed by atoms with van der Waals surface area (Å²) in [4.78, 5) is 16.1. The number of ether oxygens (including phenoxy) is 1. The van der Waals surface area contributed by atoms with Crippen LogP contribution in [0, 0.1) is 0 Å². The summed E-state index contributed by atoms with van der Waals surface area (Å²) in [5, 5.41) is 7.90. The normalized spacial score (nSPS) is 10.5. The van der Waals surface area contributed by atoms with Crippen molar-refractivity contribution in [1.29, 1.82) is 0 Å². The fourth-order valence-corrected chi connectivity index (χ4v) is 2.36. The molecule has 6 nitrogen and oxygen atoms in total. The van der Waals surface area contributed by atoms with E-state index in [1.165, 1.54) is 0 Å². The number of carbonyl (C=O) groups excluding carboxylic acids is 1. The Labute approximate surface area is 160 Å². The summed E-state index contributed by atoms with van der Waals surface area (Å²) in [6.07, 6.45) is 0.424. The van der Waals surface area contributed by atoms with Crippen LogP contribution in [0.15, 0.2) is 53.1 Å². The van der Waals surface area contributed by atoms with Gasteiger partial charge in [0.2, 0.25) is 11.7 Å². The number of hydrogen-bond donors (Lipinski definition) is 1. The van der Waals surface area contributed by atoms with E-state index in [0.29, 0.717) is 40.5 Å². The van der Waals surface area contributed by atoms with Gasteiger partial charge in [-0.05, 0) is 48.5 Å². The van der Waals surface area contributed by atoms with Crippen LogP contribution in [0.25, 0.3) is 11.4 Å². The summed E-state index contributed by atoms with van der Waals surface area (Å²) in [6.45, 7) is 0.284. The average Bonchev–Trinajstić information content (AvgIpc) is 3.11. The number of nitrogens with zero attached hydrogens (tertiary/aromatic N) is 2. The highest BCUT2D eigenvalue weighted by molar-refractivity contribution is 6.30. The van der Waals surface area contributed by atoms with E-state index >= 15 is 0 Å². The van der Waals surface area contributed by atoms with E-state index in [-0.39, 0.29) is 12.5 Å². The highest BCUT2D eigenvalue weighted by Gasteiger charge is 2.09. The van der Waals surface area contributed by atoms with Crippen LogP contribution in [-0.2, 0) is 11.2 Å². The summed E-state index contributed by atoms with van der Waals surface area (Å²) in [7, 11) is 0. The van der Waals surface area contributed by atoms with Crippen LogP contribution in [0.3, 0.4) is 0 Å². The zero-order chi connectivity index (χ0) is 18.4. The molecule has 0 saturated carbocycles. The molecular formula is C18H15Cl2N3O3. The molecule has 0 spiro atoms. The van der Waals surface area contributed by atoms with Crippen molar-refractivity contribution in [1.82, 2.24) is 15.5 Å². The number of carbonyl (C=O) groups is 1. The summed E-state index contributed by atoms with van der Waals surface area (Å²) in [5.41, 5.74) is 0.810. The van der Waals surface area contributed by atoms with Crippen LogP contribution in [0.2, 0.25) is 10.0 Å². The zero-order valence-electron chi connectivity index (χ0n) is 13.6. The standard InChI is InChI=1S/C18H15Cl2N3O3/c19-13-3-1-12(2-4-13)18-22-17(26-23-18)9-10-21-16(24)11-25-15-7-5-14(20)6-8-15/h1-8H,9-11H2,(H,21,24). The fourth-order valence-electron chi connectivity index (χ4n) is 2.11. The molecule has 8 heteroatoms. The molecule has 0 saturated heterocycles. The monoisotopic (exact) mass is 391 g/mol. The molecule has 0 fully saturated rings. The third-order valence-corrected chi connectivity index (χ3v) is 3.92. The zero-order valence-corrected chi connectivity index (χ0v) is 15.1. The Bertz CT molecular complexity index is 864. The van der Waals surface area contributed by atoms with Gasteiger partial charge in [-0.15, -0.1) is 0 Å². The first kappa shape index (κ1) is 18.2. The van der Waals surface area contributed by atoms with E-state index < -0.39 is 0 Å². The molecule has 0 unspecified atom stereocenters. The maximum Gasteiger partial charge on any atom is 0.257 e. The van der Waals surface area contributed by atoms with Crippen molar-refractivity contribution in [3.63, 3.8) is 0 Å². The van der Waals surface area contributed by atoms with Gasteiger partial charge in [-0.25, -0.2) is 0 Å². The number of hydrogen-bond acceptors (Lipinski definition) is 5. The molecule has 0 atom stereocenters. The minimum atomic E-state index is -0.239. The molecular weight excluding hydrogens is 377 g/mol. The van der Waals surface area contributed by atoms with Crippen LogP contribution in [0.1, 0.15) is 5.89 Å². The van der Waals surface area contributed by atoms with Crippen molar-refractivity contribution in [3.05, 3.63) is 64.5 Å². The summed E-state index contributed by atoms with van der Waals surface area (Å²) >= 11 is 11.6. The second kappa shape index (κ2) is 8.69. The van der Waals surface area contributed by atoms with E-state index in [9.17, 15) is 4.79 Å². The van der Waals surface area contributed by atoms with Crippen molar-refractivity contribution in [3.8, 4) is 17.1 Å². The lowest BCUT2D eigenvalue weighted by atomic mass is 10.2. The molecule has 1 heterocycles. The fraction of sp³-hybridized carbons (Fsp3) is 0.167. The molecule has 26 heavy (non-hydrogen) atoms. The van der Waals surface area contributed by atoms with Gasteiger partial charge in [-0.2, -0.15) is 4.98 Å². The largest absolute Gasteiger partial charge is 0.484 e. The second-order valence-corrected chi connectivity index (χ2v) is 6.23. The highest BCUT2D eigenvalue weighted by Crippen LogP contribution is 2.18. The number of aromatic nitrogens is 2. The minimum Gasteiger partial charge on any atom is -0.484 e. The van der Waals surface area contributed by atoms with Crippen LogP contribution in [0.5, 0.6) is 5.75 Å². The lowest BCUT2D eigenvalue weighted by molar-refractivity contribution is -0.123. The maximum absolute atomic E-state index is 11.8. The van der Waals surface area contributed by atoms with Gasteiger partial charge in [0.05, 0.1) is 0 Å². The van der Waals surface area contributed by atoms with E-state index in [1.807, 2.05) is 12.1 Å². The number of amides is 1. The molecule has 0 aliphatic rings. The third kappa shape index (κ3) is 5.21.